The Labute approximate surface area is 126 Å². The molecule has 5 nitrogen and oxygen atoms in total. The van der Waals surface area contributed by atoms with Crippen LogP contribution in [0.25, 0.3) is 0 Å². The fraction of sp³-hybridized carbons (Fsp3) is 0.500. The number of halogens is 1. The molecule has 7 heteroatoms. The first-order valence-corrected chi connectivity index (χ1v) is 7.80. The van der Waals surface area contributed by atoms with Gasteiger partial charge in [0.25, 0.3) is 0 Å². The number of nitrogens with two attached hydrogens (primary N) is 1. The average molecular weight is 311 g/mol. The second-order valence-electron chi connectivity index (χ2n) is 5.41. The third-order valence-electron chi connectivity index (χ3n) is 4.46. The number of anilines is 1. The van der Waals surface area contributed by atoms with Crippen molar-refractivity contribution in [1.29, 1.82) is 0 Å². The molecule has 3 rings (SSSR count). The summed E-state index contributed by atoms with van der Waals surface area (Å²) in [5.74, 6) is 0.492. The Kier molecular flexibility index (Phi) is 3.81. The van der Waals surface area contributed by atoms with Crippen LogP contribution >= 0.6 is 11.8 Å². The molecule has 1 fully saturated rings. The molecular weight excluding hydrogens is 293 g/mol. The van der Waals surface area contributed by atoms with Gasteiger partial charge in [0, 0.05) is 24.3 Å². The molecule has 3 unspecified atom stereocenters. The maximum absolute atomic E-state index is 14.4. The van der Waals surface area contributed by atoms with Crippen LogP contribution in [0.1, 0.15) is 18.4 Å². The minimum absolute atomic E-state index is 0.0412. The molecule has 21 heavy (non-hydrogen) atoms. The van der Waals surface area contributed by atoms with E-state index in [0.29, 0.717) is 22.8 Å². The smallest absolute Gasteiger partial charge is 0.154 e. The lowest BCUT2D eigenvalue weighted by Crippen LogP contribution is -2.41. The number of rotatable bonds is 3. The fourth-order valence-electron chi connectivity index (χ4n) is 3.45. The van der Waals surface area contributed by atoms with Crippen molar-refractivity contribution in [3.05, 3.63) is 29.6 Å². The third kappa shape index (κ3) is 2.29. The second kappa shape index (κ2) is 5.47. The van der Waals surface area contributed by atoms with Crippen LogP contribution in [0.4, 0.5) is 10.1 Å². The van der Waals surface area contributed by atoms with E-state index in [0.717, 1.165) is 12.2 Å². The molecule has 3 atom stereocenters. The number of fused-ring (bicyclic) bond motifs is 1. The van der Waals surface area contributed by atoms with Crippen LogP contribution in [0.5, 0.6) is 0 Å². The number of thioether (sulfide) groups is 1. The topological polar surface area (TPSA) is 79.9 Å². The first kappa shape index (κ1) is 14.6. The number of methoxy groups -OCH3 is 1. The summed E-state index contributed by atoms with van der Waals surface area (Å²) in [6.45, 7) is 0. The molecule has 1 aliphatic carbocycles. The van der Waals surface area contributed by atoms with Gasteiger partial charge in [-0.15, -0.1) is 0 Å². The molecule has 1 saturated carbocycles. The highest BCUT2D eigenvalue weighted by Crippen LogP contribution is 2.52. The molecule has 1 aliphatic heterocycles. The predicted octanol–water partition coefficient (Wildman–Crippen LogP) is 2.31. The van der Waals surface area contributed by atoms with Gasteiger partial charge in [-0.25, -0.2) is 4.39 Å². The molecule has 1 heterocycles. The van der Waals surface area contributed by atoms with Gasteiger partial charge in [-0.3, -0.25) is 15.7 Å². The summed E-state index contributed by atoms with van der Waals surface area (Å²) in [5.41, 5.74) is 8.17. The summed E-state index contributed by atoms with van der Waals surface area (Å²) < 4.78 is 20.0. The molecule has 1 aromatic carbocycles. The van der Waals surface area contributed by atoms with E-state index in [-0.39, 0.29) is 17.8 Å². The van der Waals surface area contributed by atoms with Gasteiger partial charge < -0.3 is 10.5 Å². The number of benzene rings is 1. The van der Waals surface area contributed by atoms with E-state index in [1.165, 1.54) is 23.9 Å². The van der Waals surface area contributed by atoms with Crippen molar-refractivity contribution in [3.8, 4) is 0 Å². The lowest BCUT2D eigenvalue weighted by atomic mass is 9.80. The highest BCUT2D eigenvalue weighted by Gasteiger charge is 2.53. The molecule has 114 valence electrons. The van der Waals surface area contributed by atoms with Gasteiger partial charge in [0.15, 0.2) is 5.17 Å². The molecule has 1 aromatic rings. The van der Waals surface area contributed by atoms with E-state index < -0.39 is 5.54 Å². The van der Waals surface area contributed by atoms with E-state index in [1.54, 1.807) is 13.2 Å². The van der Waals surface area contributed by atoms with E-state index >= 15 is 0 Å². The Morgan fingerprint density at radius 2 is 2.38 bits per heavy atom. The number of hydrogen-bond acceptors (Lipinski definition) is 6. The summed E-state index contributed by atoms with van der Waals surface area (Å²) in [7, 11) is 1.68. The van der Waals surface area contributed by atoms with Crippen LogP contribution in [0.15, 0.2) is 23.2 Å². The standard InChI is InChI=1S/C14H18FN3O2S/c1-20-12-4-5-14(10(12)7-21-13(16)17-14)9-6-8(18-19)2-3-11(9)15/h2-3,6,10,12,18-19H,4-5,7H2,1H3,(H2,16,17). The molecule has 0 bridgehead atoms. The normalized spacial score (nSPS) is 31.7. The summed E-state index contributed by atoms with van der Waals surface area (Å²) in [6, 6.07) is 4.43. The van der Waals surface area contributed by atoms with Crippen LogP contribution < -0.4 is 11.2 Å². The number of hydrogen-bond donors (Lipinski definition) is 3. The molecular formula is C14H18FN3O2S. The Bertz CT molecular complexity index is 583. The highest BCUT2D eigenvalue weighted by molar-refractivity contribution is 8.13. The van der Waals surface area contributed by atoms with Gasteiger partial charge in [-0.05, 0) is 31.0 Å². The average Bonchev–Trinajstić information content (AvgIpc) is 2.86. The van der Waals surface area contributed by atoms with Crippen molar-refractivity contribution in [2.45, 2.75) is 24.5 Å². The molecule has 0 spiro atoms. The van der Waals surface area contributed by atoms with Crippen molar-refractivity contribution in [2.24, 2.45) is 16.6 Å². The maximum atomic E-state index is 14.4. The first-order chi connectivity index (χ1) is 10.1. The van der Waals surface area contributed by atoms with Gasteiger partial charge in [-0.2, -0.15) is 0 Å². The minimum Gasteiger partial charge on any atom is -0.381 e. The van der Waals surface area contributed by atoms with Crippen molar-refractivity contribution < 1.29 is 14.3 Å². The zero-order valence-corrected chi connectivity index (χ0v) is 12.5. The minimum atomic E-state index is -0.701. The molecule has 0 amide bonds. The zero-order chi connectivity index (χ0) is 15.0. The van der Waals surface area contributed by atoms with E-state index in [2.05, 4.69) is 10.5 Å². The fourth-order valence-corrected chi connectivity index (χ4v) is 4.52. The summed E-state index contributed by atoms with van der Waals surface area (Å²) in [5, 5.41) is 9.55. The number of nitrogens with zero attached hydrogens (tertiary/aromatic N) is 1. The Hall–Kier alpha value is -1.31. The number of aliphatic imine (C=N–C) groups is 1. The number of ether oxygens (including phenoxy) is 1. The van der Waals surface area contributed by atoms with Crippen molar-refractivity contribution >= 4 is 22.6 Å². The summed E-state index contributed by atoms with van der Waals surface area (Å²) in [6.07, 6.45) is 1.54. The Morgan fingerprint density at radius 1 is 1.57 bits per heavy atom. The number of nitrogens with one attached hydrogen (secondary N) is 1. The van der Waals surface area contributed by atoms with Crippen LogP contribution in [-0.4, -0.2) is 29.3 Å². The van der Waals surface area contributed by atoms with Crippen LogP contribution in [0, 0.1) is 11.7 Å². The van der Waals surface area contributed by atoms with Gasteiger partial charge in [0.1, 0.15) is 5.82 Å². The predicted molar refractivity (Wildman–Crippen MR) is 81.1 cm³/mol. The lowest BCUT2D eigenvalue weighted by molar-refractivity contribution is 0.0645. The van der Waals surface area contributed by atoms with E-state index in [9.17, 15) is 4.39 Å². The summed E-state index contributed by atoms with van der Waals surface area (Å²) in [4.78, 5) is 4.61. The molecule has 4 N–H and O–H groups in total. The maximum Gasteiger partial charge on any atom is 0.154 e. The van der Waals surface area contributed by atoms with Crippen LogP contribution in [0.2, 0.25) is 0 Å². The highest BCUT2D eigenvalue weighted by atomic mass is 32.2. The summed E-state index contributed by atoms with van der Waals surface area (Å²) >= 11 is 1.48. The Balaban J connectivity index is 2.14. The van der Waals surface area contributed by atoms with Crippen LogP contribution in [0.3, 0.4) is 0 Å². The molecule has 0 aromatic heterocycles. The van der Waals surface area contributed by atoms with Crippen LogP contribution in [-0.2, 0) is 10.3 Å². The van der Waals surface area contributed by atoms with Gasteiger partial charge in [0.2, 0.25) is 0 Å². The molecule has 0 saturated heterocycles. The molecule has 2 aliphatic rings. The number of amidine groups is 1. The van der Waals surface area contributed by atoms with Crippen molar-refractivity contribution in [1.82, 2.24) is 0 Å². The largest absolute Gasteiger partial charge is 0.381 e. The van der Waals surface area contributed by atoms with Gasteiger partial charge >= 0.3 is 0 Å². The Morgan fingerprint density at radius 3 is 3.10 bits per heavy atom. The SMILES string of the molecule is COC1CCC2(c3cc(NO)ccc3F)N=C(N)SCC12. The van der Waals surface area contributed by atoms with E-state index in [1.807, 2.05) is 0 Å². The monoisotopic (exact) mass is 311 g/mol. The first-order valence-electron chi connectivity index (χ1n) is 6.82. The van der Waals surface area contributed by atoms with Crippen molar-refractivity contribution in [2.75, 3.05) is 18.3 Å². The lowest BCUT2D eigenvalue weighted by Gasteiger charge is -2.37. The van der Waals surface area contributed by atoms with Gasteiger partial charge in [0.05, 0.1) is 17.3 Å². The molecule has 0 radical (unpaired) electrons. The third-order valence-corrected chi connectivity index (χ3v) is 5.37. The zero-order valence-electron chi connectivity index (χ0n) is 11.7. The second-order valence-corrected chi connectivity index (χ2v) is 6.45. The van der Waals surface area contributed by atoms with E-state index in [4.69, 9.17) is 15.7 Å². The quantitative estimate of drug-likeness (QED) is 0.747. The van der Waals surface area contributed by atoms with Gasteiger partial charge in [-0.1, -0.05) is 11.8 Å². The van der Waals surface area contributed by atoms with Crippen molar-refractivity contribution in [3.63, 3.8) is 0 Å².